The van der Waals surface area contributed by atoms with Crippen molar-refractivity contribution in [3.63, 3.8) is 0 Å². The Hall–Kier alpha value is -0.930. The highest BCUT2D eigenvalue weighted by molar-refractivity contribution is 6.32. The molecule has 1 aromatic carbocycles. The average Bonchev–Trinajstić information content (AvgIpc) is 2.21. The first-order valence-electron chi connectivity index (χ1n) is 5.35. The number of anilines is 1. The fraction of sp³-hybridized carbons (Fsp3) is 0.500. The second kappa shape index (κ2) is 6.61. The van der Waals surface area contributed by atoms with Gasteiger partial charge in [-0.1, -0.05) is 31.5 Å². The predicted octanol–water partition coefficient (Wildman–Crippen LogP) is 2.97. The lowest BCUT2D eigenvalue weighted by atomic mass is 10.2. The van der Waals surface area contributed by atoms with Crippen LogP contribution in [0.1, 0.15) is 13.8 Å². The molecule has 0 aliphatic rings. The van der Waals surface area contributed by atoms with Gasteiger partial charge >= 0.3 is 0 Å². The average molecular weight is 244 g/mol. The zero-order valence-corrected chi connectivity index (χ0v) is 10.5. The number of nitrogen functional groups attached to an aromatic ring is 1. The van der Waals surface area contributed by atoms with Crippen molar-refractivity contribution in [2.24, 2.45) is 5.92 Å². The molecule has 0 aromatic heterocycles. The van der Waals surface area contributed by atoms with Gasteiger partial charge in [-0.05, 0) is 18.1 Å². The quantitative estimate of drug-likeness (QED) is 0.617. The maximum atomic E-state index is 5.95. The largest absolute Gasteiger partial charge is 0.487 e. The third-order valence-corrected chi connectivity index (χ3v) is 2.22. The molecule has 1 rings (SSSR count). The summed E-state index contributed by atoms with van der Waals surface area (Å²) < 4.78 is 10.9. The van der Waals surface area contributed by atoms with E-state index in [0.29, 0.717) is 35.6 Å². The smallest absolute Gasteiger partial charge is 0.160 e. The first-order chi connectivity index (χ1) is 7.61. The fourth-order valence-electron chi connectivity index (χ4n) is 1.20. The number of para-hydroxylation sites is 1. The summed E-state index contributed by atoms with van der Waals surface area (Å²) in [5, 5.41) is 0.531. The van der Waals surface area contributed by atoms with Gasteiger partial charge in [0.05, 0.1) is 17.3 Å². The third-order valence-electron chi connectivity index (χ3n) is 1.92. The summed E-state index contributed by atoms with van der Waals surface area (Å²) in [6, 6.07) is 5.30. The summed E-state index contributed by atoms with van der Waals surface area (Å²) in [7, 11) is 0. The van der Waals surface area contributed by atoms with Crippen molar-refractivity contribution in [1.29, 1.82) is 0 Å². The van der Waals surface area contributed by atoms with E-state index >= 15 is 0 Å². The molecule has 0 bridgehead atoms. The molecule has 0 aliphatic heterocycles. The Morgan fingerprint density at radius 1 is 1.31 bits per heavy atom. The number of halogens is 1. The van der Waals surface area contributed by atoms with Crippen LogP contribution < -0.4 is 10.5 Å². The van der Waals surface area contributed by atoms with Crippen LogP contribution in [0.15, 0.2) is 18.2 Å². The van der Waals surface area contributed by atoms with Crippen molar-refractivity contribution in [3.05, 3.63) is 23.2 Å². The fourth-order valence-corrected chi connectivity index (χ4v) is 1.44. The molecule has 0 atom stereocenters. The number of ether oxygens (including phenoxy) is 2. The molecule has 0 aliphatic carbocycles. The van der Waals surface area contributed by atoms with E-state index in [1.165, 1.54) is 0 Å². The molecule has 3 nitrogen and oxygen atoms in total. The maximum absolute atomic E-state index is 5.95. The highest BCUT2D eigenvalue weighted by atomic mass is 35.5. The topological polar surface area (TPSA) is 44.5 Å². The normalized spacial score (nSPS) is 10.8. The van der Waals surface area contributed by atoms with Gasteiger partial charge in [0.15, 0.2) is 5.75 Å². The molecule has 0 unspecified atom stereocenters. The molecule has 0 saturated carbocycles. The Bertz CT molecular complexity index is 309. The summed E-state index contributed by atoms with van der Waals surface area (Å²) >= 11 is 5.95. The molecule has 4 heteroatoms. The van der Waals surface area contributed by atoms with E-state index in [-0.39, 0.29) is 0 Å². The van der Waals surface area contributed by atoms with Crippen molar-refractivity contribution in [2.45, 2.75) is 13.8 Å². The second-order valence-electron chi connectivity index (χ2n) is 3.98. The van der Waals surface area contributed by atoms with Gasteiger partial charge in [-0.15, -0.1) is 0 Å². The molecule has 1 aromatic rings. The van der Waals surface area contributed by atoms with E-state index in [0.717, 1.165) is 6.61 Å². The summed E-state index contributed by atoms with van der Waals surface area (Å²) in [4.78, 5) is 0. The van der Waals surface area contributed by atoms with Crippen LogP contribution in [-0.4, -0.2) is 19.8 Å². The lowest BCUT2D eigenvalue weighted by Crippen LogP contribution is -2.11. The molecule has 2 N–H and O–H groups in total. The monoisotopic (exact) mass is 243 g/mol. The van der Waals surface area contributed by atoms with Crippen LogP contribution >= 0.6 is 11.6 Å². The van der Waals surface area contributed by atoms with Gasteiger partial charge in [-0.3, -0.25) is 0 Å². The Balaban J connectivity index is 2.32. The van der Waals surface area contributed by atoms with E-state index < -0.39 is 0 Å². The number of benzene rings is 1. The molecule has 90 valence electrons. The van der Waals surface area contributed by atoms with Crippen LogP contribution in [0.25, 0.3) is 0 Å². The Morgan fingerprint density at radius 3 is 2.69 bits per heavy atom. The van der Waals surface area contributed by atoms with Crippen LogP contribution in [0.2, 0.25) is 5.02 Å². The van der Waals surface area contributed by atoms with E-state index in [2.05, 4.69) is 13.8 Å². The molecule has 16 heavy (non-hydrogen) atoms. The van der Waals surface area contributed by atoms with Gasteiger partial charge in [0, 0.05) is 6.61 Å². The zero-order valence-electron chi connectivity index (χ0n) is 9.70. The minimum atomic E-state index is 0.459. The molecule has 0 saturated heterocycles. The van der Waals surface area contributed by atoms with E-state index in [1.54, 1.807) is 18.2 Å². The molecule has 0 radical (unpaired) electrons. The SMILES string of the molecule is CC(C)COCCOc1c(N)cccc1Cl. The number of hydrogen-bond acceptors (Lipinski definition) is 3. The van der Waals surface area contributed by atoms with Crippen molar-refractivity contribution >= 4 is 17.3 Å². The Labute approximate surface area is 101 Å². The minimum Gasteiger partial charge on any atom is -0.487 e. The van der Waals surface area contributed by atoms with Gasteiger partial charge in [0.1, 0.15) is 6.61 Å². The first-order valence-corrected chi connectivity index (χ1v) is 5.73. The second-order valence-corrected chi connectivity index (χ2v) is 4.38. The van der Waals surface area contributed by atoms with Crippen molar-refractivity contribution in [1.82, 2.24) is 0 Å². The Morgan fingerprint density at radius 2 is 2.06 bits per heavy atom. The molecule has 0 amide bonds. The van der Waals surface area contributed by atoms with E-state index in [4.69, 9.17) is 26.8 Å². The summed E-state index contributed by atoms with van der Waals surface area (Å²) in [6.07, 6.45) is 0. The summed E-state index contributed by atoms with van der Waals surface area (Å²) in [6.45, 7) is 5.95. The van der Waals surface area contributed by atoms with Crippen molar-refractivity contribution in [3.8, 4) is 5.75 Å². The highest BCUT2D eigenvalue weighted by Gasteiger charge is 2.05. The van der Waals surface area contributed by atoms with Crippen molar-refractivity contribution < 1.29 is 9.47 Å². The zero-order chi connectivity index (χ0) is 12.0. The van der Waals surface area contributed by atoms with Crippen LogP contribution in [0, 0.1) is 5.92 Å². The van der Waals surface area contributed by atoms with Crippen molar-refractivity contribution in [2.75, 3.05) is 25.6 Å². The van der Waals surface area contributed by atoms with Gasteiger partial charge in [0.2, 0.25) is 0 Å². The lowest BCUT2D eigenvalue weighted by molar-refractivity contribution is 0.0821. The van der Waals surface area contributed by atoms with Gasteiger partial charge in [-0.25, -0.2) is 0 Å². The molecule has 0 spiro atoms. The van der Waals surface area contributed by atoms with Gasteiger partial charge in [-0.2, -0.15) is 0 Å². The third kappa shape index (κ3) is 4.29. The van der Waals surface area contributed by atoms with Gasteiger partial charge in [0.25, 0.3) is 0 Å². The minimum absolute atomic E-state index is 0.459. The highest BCUT2D eigenvalue weighted by Crippen LogP contribution is 2.30. The van der Waals surface area contributed by atoms with Crippen LogP contribution in [-0.2, 0) is 4.74 Å². The summed E-state index contributed by atoms with van der Waals surface area (Å²) in [5.74, 6) is 1.07. The molecule has 0 heterocycles. The molecular formula is C12H18ClNO2. The predicted molar refractivity (Wildman–Crippen MR) is 67.0 cm³/mol. The molecule has 0 fully saturated rings. The van der Waals surface area contributed by atoms with E-state index in [9.17, 15) is 0 Å². The van der Waals surface area contributed by atoms with E-state index in [1.807, 2.05) is 0 Å². The Kier molecular flexibility index (Phi) is 5.43. The standard InChI is InChI=1S/C12H18ClNO2/c1-9(2)8-15-6-7-16-12-10(13)4-3-5-11(12)14/h3-5,9H,6-8,14H2,1-2H3. The number of nitrogens with two attached hydrogens (primary N) is 1. The summed E-state index contributed by atoms with van der Waals surface area (Å²) in [5.41, 5.74) is 6.29. The number of hydrogen-bond donors (Lipinski definition) is 1. The lowest BCUT2D eigenvalue weighted by Gasteiger charge is -2.11. The van der Waals surface area contributed by atoms with Gasteiger partial charge < -0.3 is 15.2 Å². The van der Waals surface area contributed by atoms with Crippen LogP contribution in [0.5, 0.6) is 5.75 Å². The maximum Gasteiger partial charge on any atom is 0.160 e. The van der Waals surface area contributed by atoms with Crippen LogP contribution in [0.3, 0.4) is 0 Å². The van der Waals surface area contributed by atoms with Crippen LogP contribution in [0.4, 0.5) is 5.69 Å². The molecular weight excluding hydrogens is 226 g/mol. The number of rotatable bonds is 6. The first kappa shape index (κ1) is 13.1.